The van der Waals surface area contributed by atoms with Crippen LogP contribution in [-0.4, -0.2) is 37.2 Å². The number of aromatic nitrogens is 1. The quantitative estimate of drug-likeness (QED) is 0.339. The summed E-state index contributed by atoms with van der Waals surface area (Å²) in [5.74, 6) is 0.276. The van der Waals surface area contributed by atoms with E-state index in [0.29, 0.717) is 13.2 Å². The van der Waals surface area contributed by atoms with Crippen LogP contribution in [0.4, 0.5) is 11.5 Å². The lowest BCUT2D eigenvalue weighted by Gasteiger charge is -2.17. The Morgan fingerprint density at radius 2 is 2.29 bits per heavy atom. The fourth-order valence-corrected chi connectivity index (χ4v) is 1.54. The molecule has 1 heterocycles. The van der Waals surface area contributed by atoms with Crippen molar-refractivity contribution >= 4 is 23.1 Å². The molecule has 94 valence electrons. The Balaban J connectivity index is 2.86. The van der Waals surface area contributed by atoms with Crippen LogP contribution in [-0.2, 0) is 4.74 Å². The van der Waals surface area contributed by atoms with E-state index in [1.54, 1.807) is 19.1 Å². The molecule has 0 aliphatic carbocycles. The van der Waals surface area contributed by atoms with Gasteiger partial charge in [0, 0.05) is 33.4 Å². The van der Waals surface area contributed by atoms with E-state index >= 15 is 0 Å². The third-order valence-corrected chi connectivity index (χ3v) is 2.43. The molecule has 0 N–H and O–H groups in total. The zero-order chi connectivity index (χ0) is 12.8. The standard InChI is InChI=1S/C10H14ClN3O3/c1-13(6-3-7-17-2)10-8(14(15)16)4-5-9(11)12-10/h4-5H,3,6-7H2,1-2H3. The summed E-state index contributed by atoms with van der Waals surface area (Å²) < 4.78 is 4.92. The molecule has 0 saturated heterocycles. The van der Waals surface area contributed by atoms with Gasteiger partial charge < -0.3 is 9.64 Å². The molecule has 0 fully saturated rings. The summed E-state index contributed by atoms with van der Waals surface area (Å²) >= 11 is 5.74. The molecule has 1 aromatic rings. The van der Waals surface area contributed by atoms with E-state index in [4.69, 9.17) is 16.3 Å². The first-order valence-electron chi connectivity index (χ1n) is 5.07. The van der Waals surface area contributed by atoms with Crippen LogP contribution in [0.25, 0.3) is 0 Å². The smallest absolute Gasteiger partial charge is 0.311 e. The van der Waals surface area contributed by atoms with Crippen LogP contribution in [0.3, 0.4) is 0 Å². The van der Waals surface area contributed by atoms with E-state index in [1.807, 2.05) is 0 Å². The van der Waals surface area contributed by atoms with Gasteiger partial charge in [-0.1, -0.05) is 11.6 Å². The molecule has 0 radical (unpaired) electrons. The molecular weight excluding hydrogens is 246 g/mol. The number of hydrogen-bond acceptors (Lipinski definition) is 5. The summed E-state index contributed by atoms with van der Waals surface area (Å²) in [6.07, 6.45) is 0.762. The molecule has 1 aromatic heterocycles. The van der Waals surface area contributed by atoms with Crippen molar-refractivity contribution in [2.24, 2.45) is 0 Å². The highest BCUT2D eigenvalue weighted by atomic mass is 35.5. The van der Waals surface area contributed by atoms with E-state index in [2.05, 4.69) is 4.98 Å². The van der Waals surface area contributed by atoms with Gasteiger partial charge in [-0.15, -0.1) is 0 Å². The van der Waals surface area contributed by atoms with Crippen LogP contribution in [0, 0.1) is 10.1 Å². The minimum atomic E-state index is -0.467. The molecule has 0 amide bonds. The second-order valence-electron chi connectivity index (χ2n) is 3.50. The lowest BCUT2D eigenvalue weighted by atomic mass is 10.3. The first-order valence-corrected chi connectivity index (χ1v) is 5.45. The minimum absolute atomic E-state index is 0.0469. The number of nitrogens with zero attached hydrogens (tertiary/aromatic N) is 3. The van der Waals surface area contributed by atoms with Crippen LogP contribution >= 0.6 is 11.6 Å². The lowest BCUT2D eigenvalue weighted by Crippen LogP contribution is -2.22. The van der Waals surface area contributed by atoms with Gasteiger partial charge in [0.1, 0.15) is 5.15 Å². The Hall–Kier alpha value is -1.40. The minimum Gasteiger partial charge on any atom is -0.385 e. The van der Waals surface area contributed by atoms with Crippen LogP contribution in [0.2, 0.25) is 5.15 Å². The first-order chi connectivity index (χ1) is 8.06. The SMILES string of the molecule is COCCCN(C)c1nc(Cl)ccc1[N+](=O)[O-]. The predicted molar refractivity (Wildman–Crippen MR) is 65.7 cm³/mol. The van der Waals surface area contributed by atoms with Crippen molar-refractivity contribution in [1.82, 2.24) is 4.98 Å². The van der Waals surface area contributed by atoms with E-state index in [1.165, 1.54) is 12.1 Å². The Kier molecular flexibility index (Phi) is 5.11. The number of nitro groups is 1. The fraction of sp³-hybridized carbons (Fsp3) is 0.500. The molecule has 0 unspecified atom stereocenters. The van der Waals surface area contributed by atoms with Crippen molar-refractivity contribution < 1.29 is 9.66 Å². The lowest BCUT2D eigenvalue weighted by molar-refractivity contribution is -0.384. The average Bonchev–Trinajstić information content (AvgIpc) is 2.28. The second-order valence-corrected chi connectivity index (χ2v) is 3.89. The Morgan fingerprint density at radius 1 is 1.59 bits per heavy atom. The Bertz CT molecular complexity index is 400. The van der Waals surface area contributed by atoms with E-state index < -0.39 is 4.92 Å². The number of pyridine rings is 1. The van der Waals surface area contributed by atoms with Gasteiger partial charge in [0.2, 0.25) is 5.82 Å². The number of methoxy groups -OCH3 is 1. The van der Waals surface area contributed by atoms with Gasteiger partial charge in [-0.2, -0.15) is 0 Å². The Morgan fingerprint density at radius 3 is 2.88 bits per heavy atom. The van der Waals surface area contributed by atoms with Gasteiger partial charge in [-0.05, 0) is 12.5 Å². The van der Waals surface area contributed by atoms with Crippen molar-refractivity contribution in [2.75, 3.05) is 32.2 Å². The molecule has 7 heteroatoms. The topological polar surface area (TPSA) is 68.5 Å². The Labute approximate surface area is 104 Å². The highest BCUT2D eigenvalue weighted by Crippen LogP contribution is 2.26. The maximum absolute atomic E-state index is 10.8. The van der Waals surface area contributed by atoms with Crippen molar-refractivity contribution in [3.8, 4) is 0 Å². The zero-order valence-corrected chi connectivity index (χ0v) is 10.5. The van der Waals surface area contributed by atoms with Crippen LogP contribution < -0.4 is 4.90 Å². The average molecular weight is 260 g/mol. The summed E-state index contributed by atoms with van der Waals surface area (Å²) in [6.45, 7) is 1.21. The molecular formula is C10H14ClN3O3. The van der Waals surface area contributed by atoms with Crippen molar-refractivity contribution in [2.45, 2.75) is 6.42 Å². The number of hydrogen-bond donors (Lipinski definition) is 0. The van der Waals surface area contributed by atoms with Gasteiger partial charge in [0.25, 0.3) is 0 Å². The van der Waals surface area contributed by atoms with E-state index in [-0.39, 0.29) is 16.7 Å². The van der Waals surface area contributed by atoms with Gasteiger partial charge in [0.05, 0.1) is 4.92 Å². The molecule has 6 nitrogen and oxygen atoms in total. The molecule has 0 aromatic carbocycles. The second kappa shape index (κ2) is 6.36. The summed E-state index contributed by atoms with van der Waals surface area (Å²) in [5, 5.41) is 11.1. The van der Waals surface area contributed by atoms with Crippen molar-refractivity contribution in [3.63, 3.8) is 0 Å². The van der Waals surface area contributed by atoms with Gasteiger partial charge in [0.15, 0.2) is 0 Å². The first kappa shape index (κ1) is 13.7. The molecule has 0 bridgehead atoms. The fourth-order valence-electron chi connectivity index (χ4n) is 1.39. The van der Waals surface area contributed by atoms with Gasteiger partial charge in [-0.3, -0.25) is 10.1 Å². The van der Waals surface area contributed by atoms with Gasteiger partial charge >= 0.3 is 5.69 Å². The third kappa shape index (κ3) is 3.83. The number of anilines is 1. The molecule has 0 spiro atoms. The summed E-state index contributed by atoms with van der Waals surface area (Å²) in [6, 6.07) is 2.77. The summed E-state index contributed by atoms with van der Waals surface area (Å²) in [4.78, 5) is 16.1. The van der Waals surface area contributed by atoms with E-state index in [9.17, 15) is 10.1 Å². The van der Waals surface area contributed by atoms with E-state index in [0.717, 1.165) is 6.42 Å². The molecule has 0 atom stereocenters. The largest absolute Gasteiger partial charge is 0.385 e. The maximum Gasteiger partial charge on any atom is 0.311 e. The van der Waals surface area contributed by atoms with Crippen molar-refractivity contribution in [3.05, 3.63) is 27.4 Å². The van der Waals surface area contributed by atoms with Crippen molar-refractivity contribution in [1.29, 1.82) is 0 Å². The summed E-state index contributed by atoms with van der Waals surface area (Å²) in [5.41, 5.74) is -0.0469. The number of rotatable bonds is 6. The predicted octanol–water partition coefficient (Wildman–Crippen LogP) is 2.12. The number of halogens is 1. The monoisotopic (exact) mass is 259 g/mol. The van der Waals surface area contributed by atoms with Crippen LogP contribution in [0.5, 0.6) is 0 Å². The molecule has 0 aliphatic rings. The molecule has 17 heavy (non-hydrogen) atoms. The zero-order valence-electron chi connectivity index (χ0n) is 9.72. The summed E-state index contributed by atoms with van der Waals surface area (Å²) in [7, 11) is 3.35. The van der Waals surface area contributed by atoms with Gasteiger partial charge in [-0.25, -0.2) is 4.98 Å². The third-order valence-electron chi connectivity index (χ3n) is 2.22. The van der Waals surface area contributed by atoms with Crippen LogP contribution in [0.15, 0.2) is 12.1 Å². The highest BCUT2D eigenvalue weighted by Gasteiger charge is 2.18. The van der Waals surface area contributed by atoms with Crippen LogP contribution in [0.1, 0.15) is 6.42 Å². The number of ether oxygens (including phenoxy) is 1. The normalized spacial score (nSPS) is 10.3. The maximum atomic E-state index is 10.8. The highest BCUT2D eigenvalue weighted by molar-refractivity contribution is 6.29. The molecule has 0 aliphatic heterocycles. The molecule has 1 rings (SSSR count). The molecule has 0 saturated carbocycles.